The average Bonchev–Trinajstić information content (AvgIpc) is 0.809. The zero-order valence-corrected chi connectivity index (χ0v) is 62.0. The summed E-state index contributed by atoms with van der Waals surface area (Å²) < 4.78 is 142. The molecule has 16 nitrogen and oxygen atoms in total. The summed E-state index contributed by atoms with van der Waals surface area (Å²) in [6.07, 6.45) is 0.611. The maximum atomic E-state index is 12.9. The summed E-state index contributed by atoms with van der Waals surface area (Å²) in [5.74, 6) is 0.650. The number of nitrogens with one attached hydrogen (secondary N) is 5. The standard InChI is InChI=1S/C20H15NO2S.C17H15NO3S.2C16H12ClNO2S.C13H15NO2S/c22-24(23,20-14-6-10-16-8-2-4-12-18(16)20)21-19-13-5-9-15-7-1-3-11-17(15)19;1-21-14-8-5-9-15(12-14)22(19,20)18-17-11-4-7-13-6-2-3-10-16(13)17;17-13-7-4-8-14(11-13)21(19,20)18-16-10-3-6-12-5-1-2-9-15(12)16;17-13-8-10-14(11-9-13)21(19,20)18-16-7-3-5-12-4-1-2-6-15(12)16;1-2-10-17(15,16)14-13-9-5-7-11-6-3-4-8-12(11)13/h1-14,21H;2-12,18H,1H3;2*1-11,18H;3-9,14H,2,10H2,1H3. The van der Waals surface area contributed by atoms with Gasteiger partial charge in [0.25, 0.3) is 40.1 Å². The van der Waals surface area contributed by atoms with E-state index in [0.717, 1.165) is 59.2 Å². The van der Waals surface area contributed by atoms with Gasteiger partial charge in [0, 0.05) is 48.4 Å². The topological polar surface area (TPSA) is 240 Å². The van der Waals surface area contributed by atoms with Crippen molar-refractivity contribution in [2.45, 2.75) is 32.9 Å². The van der Waals surface area contributed by atoms with Crippen LogP contribution in [-0.2, 0) is 50.1 Å². The monoisotopic (exact) mass is 1530 g/mol. The Kier molecular flexibility index (Phi) is 24.1. The Morgan fingerprint density at radius 1 is 0.276 bits per heavy atom. The third kappa shape index (κ3) is 19.2. The molecule has 0 heterocycles. The fourth-order valence-corrected chi connectivity index (χ4v) is 17.5. The van der Waals surface area contributed by atoms with Crippen molar-refractivity contribution in [1.82, 2.24) is 0 Å². The van der Waals surface area contributed by atoms with E-state index in [9.17, 15) is 42.1 Å². The highest BCUT2D eigenvalue weighted by molar-refractivity contribution is 7.94. The molecule has 0 aliphatic heterocycles. The van der Waals surface area contributed by atoms with E-state index in [2.05, 4.69) is 23.6 Å². The fraction of sp³-hybridized carbons (Fsp3) is 0.0488. The van der Waals surface area contributed by atoms with Gasteiger partial charge in [-0.3, -0.25) is 23.6 Å². The van der Waals surface area contributed by atoms with Crippen molar-refractivity contribution in [3.63, 3.8) is 0 Å². The van der Waals surface area contributed by atoms with E-state index in [1.165, 1.54) is 43.5 Å². The van der Waals surface area contributed by atoms with Crippen molar-refractivity contribution in [3.05, 3.63) is 338 Å². The molecule has 532 valence electrons. The largest absolute Gasteiger partial charge is 0.497 e. The third-order valence-corrected chi connectivity index (χ3v) is 23.8. The van der Waals surface area contributed by atoms with Gasteiger partial charge in [0.2, 0.25) is 10.0 Å². The van der Waals surface area contributed by atoms with Crippen LogP contribution in [0.15, 0.2) is 347 Å². The SMILES string of the molecule is CCCS(=O)(=O)Nc1cccc2ccccc12.COc1cccc(S(=O)(=O)Nc2cccc3ccccc23)c1.O=S(=O)(Nc1cccc2ccccc12)c1ccc(Cl)cc1.O=S(=O)(Nc1cccc2ccccc12)c1cccc(Cl)c1.O=S(=O)(Nc1cccc2ccccc12)c1cccc2ccccc12. The minimum Gasteiger partial charge on any atom is -0.497 e. The Morgan fingerprint density at radius 3 is 0.943 bits per heavy atom. The first-order valence-electron chi connectivity index (χ1n) is 32.6. The molecular weight excluding hydrogens is 1460 g/mol. The Hall–Kier alpha value is -11.0. The molecule has 0 aromatic heterocycles. The maximum Gasteiger partial charge on any atom is 0.262 e. The average molecular weight is 1530 g/mol. The quantitative estimate of drug-likeness (QED) is 0.0574. The lowest BCUT2D eigenvalue weighted by Gasteiger charge is -2.12. The number of anilines is 5. The lowest BCUT2D eigenvalue weighted by Crippen LogP contribution is -2.16. The van der Waals surface area contributed by atoms with Crippen molar-refractivity contribution in [3.8, 4) is 5.75 Å². The van der Waals surface area contributed by atoms with Crippen LogP contribution in [0.3, 0.4) is 0 Å². The molecule has 0 bridgehead atoms. The molecule has 0 saturated carbocycles. The van der Waals surface area contributed by atoms with Crippen LogP contribution in [0.1, 0.15) is 13.3 Å². The number of halogens is 2. The van der Waals surface area contributed by atoms with Crippen LogP contribution in [0, 0.1) is 0 Å². The molecule has 5 N–H and O–H groups in total. The second-order valence-corrected chi connectivity index (χ2v) is 33.0. The molecule has 0 spiro atoms. The number of methoxy groups -OCH3 is 1. The molecule has 0 fully saturated rings. The first-order chi connectivity index (χ1) is 50.5. The Bertz CT molecular complexity index is 6210. The summed E-state index contributed by atoms with van der Waals surface area (Å²) in [5.41, 5.74) is 2.90. The number of rotatable bonds is 17. The number of hydrogen-bond donors (Lipinski definition) is 5. The van der Waals surface area contributed by atoms with Gasteiger partial charge in [-0.15, -0.1) is 0 Å². The molecule has 15 aromatic rings. The van der Waals surface area contributed by atoms with E-state index in [1.54, 1.807) is 78.9 Å². The predicted octanol–water partition coefficient (Wildman–Crippen LogP) is 20.0. The molecule has 0 amide bonds. The summed E-state index contributed by atoms with van der Waals surface area (Å²) in [6, 6.07) is 97.4. The zero-order chi connectivity index (χ0) is 74.2. The van der Waals surface area contributed by atoms with Gasteiger partial charge in [0.15, 0.2) is 0 Å². The van der Waals surface area contributed by atoms with Crippen molar-refractivity contribution in [2.75, 3.05) is 36.5 Å². The molecule has 15 rings (SSSR count). The van der Waals surface area contributed by atoms with Crippen molar-refractivity contribution in [1.29, 1.82) is 0 Å². The van der Waals surface area contributed by atoms with Gasteiger partial charge in [-0.2, -0.15) is 0 Å². The van der Waals surface area contributed by atoms with Crippen LogP contribution in [-0.4, -0.2) is 55.0 Å². The second-order valence-electron chi connectivity index (χ2n) is 23.5. The summed E-state index contributed by atoms with van der Waals surface area (Å²) in [5, 5.41) is 11.8. The van der Waals surface area contributed by atoms with Crippen LogP contribution < -0.4 is 28.3 Å². The molecule has 0 unspecified atom stereocenters. The van der Waals surface area contributed by atoms with Crippen LogP contribution in [0.2, 0.25) is 10.0 Å². The number of ether oxygens (including phenoxy) is 1. The fourth-order valence-electron chi connectivity index (χ4n) is 11.3. The first-order valence-corrected chi connectivity index (χ1v) is 41.0. The highest BCUT2D eigenvalue weighted by Gasteiger charge is 2.21. The normalized spacial score (nSPS) is 11.5. The van der Waals surface area contributed by atoms with Crippen molar-refractivity contribution < 1.29 is 46.8 Å². The van der Waals surface area contributed by atoms with E-state index in [-0.39, 0.29) is 25.3 Å². The Morgan fingerprint density at radius 2 is 0.571 bits per heavy atom. The summed E-state index contributed by atoms with van der Waals surface area (Å²) in [4.78, 5) is 0.774. The van der Waals surface area contributed by atoms with Crippen LogP contribution in [0.5, 0.6) is 5.75 Å². The van der Waals surface area contributed by atoms with E-state index < -0.39 is 50.1 Å². The number of hydrogen-bond acceptors (Lipinski definition) is 11. The molecule has 0 atom stereocenters. The zero-order valence-electron chi connectivity index (χ0n) is 56.4. The molecule has 105 heavy (non-hydrogen) atoms. The minimum atomic E-state index is -3.68. The van der Waals surface area contributed by atoms with Gasteiger partial charge in [-0.25, -0.2) is 42.1 Å². The lowest BCUT2D eigenvalue weighted by atomic mass is 10.1. The molecule has 0 aliphatic rings. The third-order valence-electron chi connectivity index (χ3n) is 16.3. The van der Waals surface area contributed by atoms with E-state index in [4.69, 9.17) is 27.9 Å². The van der Waals surface area contributed by atoms with Gasteiger partial charge in [-0.05, 0) is 130 Å². The molecule has 23 heteroatoms. The van der Waals surface area contributed by atoms with E-state index >= 15 is 0 Å². The van der Waals surface area contributed by atoms with Crippen molar-refractivity contribution in [2.24, 2.45) is 0 Å². The smallest absolute Gasteiger partial charge is 0.262 e. The van der Waals surface area contributed by atoms with Crippen molar-refractivity contribution >= 4 is 166 Å². The van der Waals surface area contributed by atoms with Crippen LogP contribution in [0.25, 0.3) is 64.6 Å². The number of fused-ring (bicyclic) bond motifs is 6. The number of sulfonamides is 5. The first kappa shape index (κ1) is 75.2. The number of benzene rings is 15. The summed E-state index contributed by atoms with van der Waals surface area (Å²) in [7, 11) is -16.4. The van der Waals surface area contributed by atoms with E-state index in [1.807, 2.05) is 219 Å². The van der Waals surface area contributed by atoms with Gasteiger partial charge >= 0.3 is 0 Å². The molecule has 0 saturated heterocycles. The summed E-state index contributed by atoms with van der Waals surface area (Å²) >= 11 is 11.6. The highest BCUT2D eigenvalue weighted by atomic mass is 35.5. The van der Waals surface area contributed by atoms with Crippen LogP contribution in [0.4, 0.5) is 28.4 Å². The molecule has 0 radical (unpaired) electrons. The maximum absolute atomic E-state index is 12.9. The van der Waals surface area contributed by atoms with E-state index in [0.29, 0.717) is 56.0 Å². The molecule has 15 aromatic carbocycles. The van der Waals surface area contributed by atoms with Gasteiger partial charge in [0.05, 0.1) is 60.9 Å². The molecule has 0 aliphatic carbocycles. The van der Waals surface area contributed by atoms with Gasteiger partial charge in [0.1, 0.15) is 5.75 Å². The van der Waals surface area contributed by atoms with Crippen LogP contribution >= 0.6 is 23.2 Å². The van der Waals surface area contributed by atoms with Gasteiger partial charge in [-0.1, -0.05) is 261 Å². The van der Waals surface area contributed by atoms with Gasteiger partial charge < -0.3 is 4.74 Å². The predicted molar refractivity (Wildman–Crippen MR) is 431 cm³/mol. The Balaban J connectivity index is 0.000000132. The summed E-state index contributed by atoms with van der Waals surface area (Å²) in [6.45, 7) is 1.85. The molecular formula is C82H69Cl2N5O11S5. The minimum absolute atomic E-state index is 0.142. The highest BCUT2D eigenvalue weighted by Crippen LogP contribution is 2.33. The second kappa shape index (κ2) is 33.6. The Labute approximate surface area is 621 Å². The lowest BCUT2D eigenvalue weighted by molar-refractivity contribution is 0.413.